The van der Waals surface area contributed by atoms with Gasteiger partial charge in [0.2, 0.25) is 0 Å². The zero-order valence-corrected chi connectivity index (χ0v) is 16.7. The van der Waals surface area contributed by atoms with Gasteiger partial charge in [-0.15, -0.1) is 0 Å². The molecule has 0 amide bonds. The van der Waals surface area contributed by atoms with E-state index in [-0.39, 0.29) is 18.3 Å². The fraction of sp³-hybridized carbons (Fsp3) is 0.348. The third-order valence-electron chi connectivity index (χ3n) is 5.82. The van der Waals surface area contributed by atoms with E-state index in [0.29, 0.717) is 24.1 Å². The van der Waals surface area contributed by atoms with Crippen LogP contribution < -0.4 is 5.56 Å². The highest BCUT2D eigenvalue weighted by Gasteiger charge is 2.48. The second-order valence-corrected chi connectivity index (χ2v) is 7.93. The van der Waals surface area contributed by atoms with E-state index in [1.165, 1.54) is 0 Å². The van der Waals surface area contributed by atoms with Gasteiger partial charge in [-0.05, 0) is 38.5 Å². The van der Waals surface area contributed by atoms with E-state index in [1.807, 2.05) is 51.1 Å². The molecule has 29 heavy (non-hydrogen) atoms. The third kappa shape index (κ3) is 2.48. The maximum Gasteiger partial charge on any atom is 0.343 e. The van der Waals surface area contributed by atoms with Crippen LogP contribution in [0.1, 0.15) is 43.9 Å². The van der Waals surface area contributed by atoms with E-state index >= 15 is 0 Å². The minimum Gasteiger partial charge on any atom is -0.458 e. The van der Waals surface area contributed by atoms with Gasteiger partial charge >= 0.3 is 5.97 Å². The number of fused-ring (bicyclic) bond motifs is 5. The molecule has 6 nitrogen and oxygen atoms in total. The summed E-state index contributed by atoms with van der Waals surface area (Å²) in [6.45, 7) is 6.07. The van der Waals surface area contributed by atoms with E-state index in [1.54, 1.807) is 4.57 Å². The number of hydrogen-bond acceptors (Lipinski definition) is 5. The van der Waals surface area contributed by atoms with E-state index in [9.17, 15) is 9.59 Å². The van der Waals surface area contributed by atoms with Gasteiger partial charge in [-0.1, -0.05) is 25.1 Å². The summed E-state index contributed by atoms with van der Waals surface area (Å²) in [5.74, 6) is -0.435. The number of aromatic nitrogens is 2. The highest BCUT2D eigenvalue weighted by molar-refractivity contribution is 5.86. The van der Waals surface area contributed by atoms with Crippen LogP contribution in [0.3, 0.4) is 0 Å². The first-order valence-electron chi connectivity index (χ1n) is 9.96. The van der Waals surface area contributed by atoms with Crippen LogP contribution in [-0.4, -0.2) is 21.6 Å². The first-order chi connectivity index (χ1) is 13.9. The molecule has 2 aromatic heterocycles. The second kappa shape index (κ2) is 6.26. The van der Waals surface area contributed by atoms with Crippen molar-refractivity contribution in [3.05, 3.63) is 63.4 Å². The van der Waals surface area contributed by atoms with Crippen molar-refractivity contribution in [2.75, 3.05) is 0 Å². The minimum atomic E-state index is -1.27. The molecule has 0 radical (unpaired) electrons. The van der Waals surface area contributed by atoms with Crippen molar-refractivity contribution >= 4 is 16.9 Å². The fourth-order valence-electron chi connectivity index (χ4n) is 4.51. The van der Waals surface area contributed by atoms with Crippen LogP contribution in [0.4, 0.5) is 0 Å². The summed E-state index contributed by atoms with van der Waals surface area (Å²) in [7, 11) is 0. The Morgan fingerprint density at radius 2 is 2.03 bits per heavy atom. The topological polar surface area (TPSA) is 70.4 Å². The van der Waals surface area contributed by atoms with Crippen molar-refractivity contribution in [1.29, 1.82) is 0 Å². The zero-order valence-electron chi connectivity index (χ0n) is 16.7. The number of esters is 1. The van der Waals surface area contributed by atoms with Crippen LogP contribution in [0.15, 0.2) is 41.2 Å². The Morgan fingerprint density at radius 3 is 2.79 bits per heavy atom. The Kier molecular flexibility index (Phi) is 3.90. The Morgan fingerprint density at radius 1 is 1.24 bits per heavy atom. The van der Waals surface area contributed by atoms with Crippen molar-refractivity contribution in [2.24, 2.45) is 0 Å². The van der Waals surface area contributed by atoms with Gasteiger partial charge < -0.3 is 14.0 Å². The Hall–Kier alpha value is -2.99. The average molecular weight is 390 g/mol. The molecule has 2 aliphatic heterocycles. The first kappa shape index (κ1) is 18.1. The largest absolute Gasteiger partial charge is 0.458 e. The van der Waals surface area contributed by atoms with Crippen molar-refractivity contribution in [3.63, 3.8) is 0 Å². The lowest BCUT2D eigenvalue weighted by Gasteiger charge is -2.37. The molecule has 0 saturated heterocycles. The summed E-state index contributed by atoms with van der Waals surface area (Å²) < 4.78 is 13.2. The standard InChI is InChI=1S/C23H22N2O4/c1-4-23(29-13(2)3)17-10-19-20-15(9-14-7-5-6-8-18(14)24-20)11-25(19)21(26)16(17)12-28-22(23)27/h5-10,13H,4,11-12H2,1-3H3/t23-/m1/s1. The summed E-state index contributed by atoms with van der Waals surface area (Å²) in [5, 5.41) is 1.04. The first-order valence-corrected chi connectivity index (χ1v) is 9.96. The highest BCUT2D eigenvalue weighted by atomic mass is 16.6. The van der Waals surface area contributed by atoms with Crippen LogP contribution in [0.5, 0.6) is 0 Å². The number of pyridine rings is 2. The lowest BCUT2D eigenvalue weighted by molar-refractivity contribution is -0.187. The quantitative estimate of drug-likeness (QED) is 0.501. The molecule has 0 unspecified atom stereocenters. The molecule has 0 N–H and O–H groups in total. The molecule has 3 aromatic rings. The lowest BCUT2D eigenvalue weighted by Crippen LogP contribution is -2.47. The normalized spacial score (nSPS) is 19.8. The number of nitrogens with zero attached hydrogens (tertiary/aromatic N) is 2. The van der Waals surface area contributed by atoms with Crippen LogP contribution >= 0.6 is 0 Å². The predicted octanol–water partition coefficient (Wildman–Crippen LogP) is 3.51. The van der Waals surface area contributed by atoms with Gasteiger partial charge in [-0.25, -0.2) is 9.78 Å². The number of carbonyl (C=O) groups is 1. The summed E-state index contributed by atoms with van der Waals surface area (Å²) in [5.41, 5.74) is 3.10. The molecule has 0 fully saturated rings. The number of rotatable bonds is 3. The van der Waals surface area contributed by atoms with Gasteiger partial charge in [0.05, 0.1) is 35.1 Å². The summed E-state index contributed by atoms with van der Waals surface area (Å²) in [6, 6.07) is 11.9. The van der Waals surface area contributed by atoms with Gasteiger partial charge in [-0.2, -0.15) is 0 Å². The van der Waals surface area contributed by atoms with Crippen molar-refractivity contribution in [2.45, 2.75) is 52.0 Å². The van der Waals surface area contributed by atoms with Gasteiger partial charge in [0.1, 0.15) is 6.61 Å². The van der Waals surface area contributed by atoms with Crippen LogP contribution in [0.25, 0.3) is 22.3 Å². The molecule has 0 spiro atoms. The molecule has 1 atom stereocenters. The molecule has 0 bridgehead atoms. The molecule has 0 aliphatic carbocycles. The Balaban J connectivity index is 1.78. The van der Waals surface area contributed by atoms with Crippen molar-refractivity contribution in [3.8, 4) is 11.4 Å². The van der Waals surface area contributed by atoms with Crippen LogP contribution in [-0.2, 0) is 33.0 Å². The second-order valence-electron chi connectivity index (χ2n) is 7.93. The molecule has 0 saturated carbocycles. The predicted molar refractivity (Wildman–Crippen MR) is 109 cm³/mol. The highest BCUT2D eigenvalue weighted by Crippen LogP contribution is 2.41. The van der Waals surface area contributed by atoms with Crippen LogP contribution in [0, 0.1) is 0 Å². The maximum atomic E-state index is 13.4. The molecule has 4 heterocycles. The van der Waals surface area contributed by atoms with E-state index in [4.69, 9.17) is 14.5 Å². The van der Waals surface area contributed by atoms with Crippen molar-refractivity contribution in [1.82, 2.24) is 9.55 Å². The number of ether oxygens (including phenoxy) is 2. The van der Waals surface area contributed by atoms with E-state index < -0.39 is 11.6 Å². The number of para-hydroxylation sites is 1. The molecule has 1 aromatic carbocycles. The Labute approximate surface area is 168 Å². The summed E-state index contributed by atoms with van der Waals surface area (Å²) in [4.78, 5) is 31.0. The fourth-order valence-corrected chi connectivity index (χ4v) is 4.51. The van der Waals surface area contributed by atoms with Crippen LogP contribution in [0.2, 0.25) is 0 Å². The van der Waals surface area contributed by atoms with Gasteiger partial charge in [0, 0.05) is 16.5 Å². The maximum absolute atomic E-state index is 13.4. The van der Waals surface area contributed by atoms with Gasteiger partial charge in [0.25, 0.3) is 5.56 Å². The summed E-state index contributed by atoms with van der Waals surface area (Å²) >= 11 is 0. The minimum absolute atomic E-state index is 0.0256. The van der Waals surface area contributed by atoms with E-state index in [0.717, 1.165) is 27.9 Å². The number of benzene rings is 1. The van der Waals surface area contributed by atoms with Gasteiger partial charge in [0.15, 0.2) is 5.60 Å². The molecule has 148 valence electrons. The molecular formula is C23H22N2O4. The molecule has 2 aliphatic rings. The third-order valence-corrected chi connectivity index (χ3v) is 5.82. The lowest BCUT2D eigenvalue weighted by atomic mass is 9.85. The molecule has 5 rings (SSSR count). The summed E-state index contributed by atoms with van der Waals surface area (Å²) in [6.07, 6.45) is 0.191. The molecule has 6 heteroatoms. The molecular weight excluding hydrogens is 368 g/mol. The monoisotopic (exact) mass is 390 g/mol. The number of carbonyl (C=O) groups excluding carboxylic acids is 1. The SMILES string of the molecule is CC[C@]1(OC(C)C)C(=O)OCc2c1cc1n(c2=O)Cc2cc3ccccc3nc2-1. The number of cyclic esters (lactones) is 1. The average Bonchev–Trinajstić information content (AvgIpc) is 3.06. The van der Waals surface area contributed by atoms with Gasteiger partial charge in [-0.3, -0.25) is 4.79 Å². The van der Waals surface area contributed by atoms with E-state index in [2.05, 4.69) is 6.07 Å². The smallest absolute Gasteiger partial charge is 0.343 e. The number of hydrogen-bond donors (Lipinski definition) is 0. The zero-order chi connectivity index (χ0) is 20.3. The van der Waals surface area contributed by atoms with Crippen molar-refractivity contribution < 1.29 is 14.3 Å². The Bertz CT molecular complexity index is 1230.